The maximum absolute atomic E-state index is 11.0. The number of nitrogens with one attached hydrogen (secondary N) is 1. The molecule has 0 saturated heterocycles. The zero-order valence-electron chi connectivity index (χ0n) is 12.4. The van der Waals surface area contributed by atoms with Gasteiger partial charge in [-0.3, -0.25) is 0 Å². The number of ether oxygens (including phenoxy) is 1. The topological polar surface area (TPSA) is 58.6 Å². The van der Waals surface area contributed by atoms with E-state index in [2.05, 4.69) is 5.32 Å². The number of carbonyl (C=O) groups is 1. The molecule has 0 saturated carbocycles. The molecule has 21 heavy (non-hydrogen) atoms. The normalized spacial score (nSPS) is 11.0. The van der Waals surface area contributed by atoms with Gasteiger partial charge in [-0.05, 0) is 49.7 Å². The van der Waals surface area contributed by atoms with Crippen LogP contribution in [0.2, 0.25) is 0 Å². The predicted octanol–water partition coefficient (Wildman–Crippen LogP) is 3.74. The van der Waals surface area contributed by atoms with Gasteiger partial charge in [0.25, 0.3) is 0 Å². The molecule has 0 unspecified atom stereocenters. The average molecular weight is 285 g/mol. The maximum atomic E-state index is 11.0. The first kappa shape index (κ1) is 14.9. The van der Waals surface area contributed by atoms with Crippen molar-refractivity contribution in [2.45, 2.75) is 19.4 Å². The van der Waals surface area contributed by atoms with Crippen LogP contribution in [0.1, 0.15) is 29.8 Å². The summed E-state index contributed by atoms with van der Waals surface area (Å²) in [6, 6.07) is 14.6. The maximum Gasteiger partial charge on any atom is 0.335 e. The van der Waals surface area contributed by atoms with Gasteiger partial charge < -0.3 is 15.2 Å². The summed E-state index contributed by atoms with van der Waals surface area (Å²) in [5.41, 5.74) is 1.80. The van der Waals surface area contributed by atoms with Crippen LogP contribution in [0.25, 0.3) is 0 Å². The highest BCUT2D eigenvalue weighted by molar-refractivity contribution is 5.88. The Bertz CT molecular complexity index is 633. The van der Waals surface area contributed by atoms with Gasteiger partial charge in [0.15, 0.2) is 0 Å². The van der Waals surface area contributed by atoms with E-state index in [1.807, 2.05) is 44.2 Å². The number of aromatic carboxylic acids is 1. The first-order valence-electron chi connectivity index (χ1n) is 6.68. The van der Waals surface area contributed by atoms with Gasteiger partial charge in [0, 0.05) is 5.69 Å². The van der Waals surface area contributed by atoms with Crippen molar-refractivity contribution in [2.75, 3.05) is 12.4 Å². The van der Waals surface area contributed by atoms with Gasteiger partial charge in [-0.25, -0.2) is 4.79 Å². The van der Waals surface area contributed by atoms with Gasteiger partial charge in [0.2, 0.25) is 0 Å². The largest absolute Gasteiger partial charge is 0.497 e. The standard InChI is InChI=1S/C17H19NO3/c1-17(2,13-7-9-15(21-3)10-8-13)18-14-6-4-5-12(11-14)16(19)20/h4-11,18H,1-3H3,(H,19,20). The molecule has 2 N–H and O–H groups in total. The minimum atomic E-state index is -0.930. The van der Waals surface area contributed by atoms with Crippen molar-refractivity contribution < 1.29 is 14.6 Å². The molecular formula is C17H19NO3. The Morgan fingerprint density at radius 1 is 1.14 bits per heavy atom. The zero-order valence-corrected chi connectivity index (χ0v) is 12.4. The molecule has 0 bridgehead atoms. The van der Waals surface area contributed by atoms with Gasteiger partial charge in [0.1, 0.15) is 5.75 Å². The van der Waals surface area contributed by atoms with Crippen LogP contribution in [0.4, 0.5) is 5.69 Å². The number of hydrogen-bond donors (Lipinski definition) is 2. The summed E-state index contributed by atoms with van der Waals surface area (Å²) < 4.78 is 5.16. The molecule has 0 aliphatic carbocycles. The molecule has 0 aliphatic heterocycles. The Morgan fingerprint density at radius 2 is 1.81 bits per heavy atom. The van der Waals surface area contributed by atoms with Crippen molar-refractivity contribution in [3.05, 3.63) is 59.7 Å². The van der Waals surface area contributed by atoms with Crippen LogP contribution < -0.4 is 10.1 Å². The quantitative estimate of drug-likeness (QED) is 0.878. The average Bonchev–Trinajstić information content (AvgIpc) is 2.47. The van der Waals surface area contributed by atoms with Crippen molar-refractivity contribution in [3.8, 4) is 5.75 Å². The molecule has 2 rings (SSSR count). The molecule has 2 aromatic carbocycles. The van der Waals surface area contributed by atoms with E-state index in [1.54, 1.807) is 25.3 Å². The smallest absolute Gasteiger partial charge is 0.335 e. The van der Waals surface area contributed by atoms with Crippen molar-refractivity contribution in [1.82, 2.24) is 0 Å². The fraction of sp³-hybridized carbons (Fsp3) is 0.235. The van der Waals surface area contributed by atoms with E-state index in [0.29, 0.717) is 0 Å². The SMILES string of the molecule is COc1ccc(C(C)(C)Nc2cccc(C(=O)O)c2)cc1. The lowest BCUT2D eigenvalue weighted by molar-refractivity contribution is 0.0697. The third kappa shape index (κ3) is 3.54. The molecule has 0 amide bonds. The summed E-state index contributed by atoms with van der Waals surface area (Å²) in [6.45, 7) is 4.09. The Labute approximate surface area is 124 Å². The molecule has 0 radical (unpaired) electrons. The monoisotopic (exact) mass is 285 g/mol. The van der Waals surface area contributed by atoms with E-state index in [4.69, 9.17) is 9.84 Å². The number of methoxy groups -OCH3 is 1. The highest BCUT2D eigenvalue weighted by Crippen LogP contribution is 2.27. The Morgan fingerprint density at radius 3 is 2.38 bits per heavy atom. The predicted molar refractivity (Wildman–Crippen MR) is 83.0 cm³/mol. The van der Waals surface area contributed by atoms with E-state index in [1.165, 1.54) is 0 Å². The van der Waals surface area contributed by atoms with Crippen LogP contribution in [0, 0.1) is 0 Å². The summed E-state index contributed by atoms with van der Waals surface area (Å²) in [4.78, 5) is 11.0. The fourth-order valence-electron chi connectivity index (χ4n) is 2.17. The van der Waals surface area contributed by atoms with Crippen molar-refractivity contribution >= 4 is 11.7 Å². The summed E-state index contributed by atoms with van der Waals surface area (Å²) in [5, 5.41) is 12.4. The van der Waals surface area contributed by atoms with Crippen LogP contribution in [0.5, 0.6) is 5.75 Å². The van der Waals surface area contributed by atoms with Crippen LogP contribution >= 0.6 is 0 Å². The molecule has 110 valence electrons. The number of rotatable bonds is 5. The molecule has 0 atom stereocenters. The number of anilines is 1. The van der Waals surface area contributed by atoms with Crippen LogP contribution in [-0.2, 0) is 5.54 Å². The van der Waals surface area contributed by atoms with Crippen LogP contribution in [-0.4, -0.2) is 18.2 Å². The minimum Gasteiger partial charge on any atom is -0.497 e. The number of hydrogen-bond acceptors (Lipinski definition) is 3. The second-order valence-electron chi connectivity index (χ2n) is 5.36. The van der Waals surface area contributed by atoms with Gasteiger partial charge >= 0.3 is 5.97 Å². The molecule has 0 spiro atoms. The molecule has 0 fully saturated rings. The Balaban J connectivity index is 2.23. The Kier molecular flexibility index (Phi) is 4.17. The van der Waals surface area contributed by atoms with E-state index < -0.39 is 5.97 Å². The summed E-state index contributed by atoms with van der Waals surface area (Å²) in [7, 11) is 1.63. The van der Waals surface area contributed by atoms with Crippen molar-refractivity contribution in [1.29, 1.82) is 0 Å². The highest BCUT2D eigenvalue weighted by Gasteiger charge is 2.20. The number of benzene rings is 2. The second kappa shape index (κ2) is 5.87. The highest BCUT2D eigenvalue weighted by atomic mass is 16.5. The lowest BCUT2D eigenvalue weighted by Gasteiger charge is -2.28. The first-order valence-corrected chi connectivity index (χ1v) is 6.68. The van der Waals surface area contributed by atoms with Gasteiger partial charge in [-0.15, -0.1) is 0 Å². The third-order valence-corrected chi connectivity index (χ3v) is 3.38. The molecule has 0 aromatic heterocycles. The van der Waals surface area contributed by atoms with Gasteiger partial charge in [-0.1, -0.05) is 18.2 Å². The van der Waals surface area contributed by atoms with Crippen LogP contribution in [0.15, 0.2) is 48.5 Å². The van der Waals surface area contributed by atoms with Gasteiger partial charge in [-0.2, -0.15) is 0 Å². The molecule has 0 aliphatic rings. The van der Waals surface area contributed by atoms with Crippen molar-refractivity contribution in [3.63, 3.8) is 0 Å². The lowest BCUT2D eigenvalue weighted by Crippen LogP contribution is -2.27. The summed E-state index contributed by atoms with van der Waals surface area (Å²) in [5.74, 6) is -0.122. The minimum absolute atomic E-state index is 0.269. The third-order valence-electron chi connectivity index (χ3n) is 3.38. The number of carboxylic acids is 1. The molecule has 2 aromatic rings. The van der Waals surface area contributed by atoms with E-state index in [-0.39, 0.29) is 11.1 Å². The van der Waals surface area contributed by atoms with Crippen LogP contribution in [0.3, 0.4) is 0 Å². The van der Waals surface area contributed by atoms with E-state index >= 15 is 0 Å². The molecular weight excluding hydrogens is 266 g/mol. The molecule has 4 heteroatoms. The van der Waals surface area contributed by atoms with E-state index in [9.17, 15) is 4.79 Å². The lowest BCUT2D eigenvalue weighted by atomic mass is 9.93. The summed E-state index contributed by atoms with van der Waals surface area (Å²) in [6.07, 6.45) is 0. The Hall–Kier alpha value is -2.49. The zero-order chi connectivity index (χ0) is 15.5. The first-order chi connectivity index (χ1) is 9.92. The second-order valence-corrected chi connectivity index (χ2v) is 5.36. The molecule has 4 nitrogen and oxygen atoms in total. The summed E-state index contributed by atoms with van der Waals surface area (Å²) >= 11 is 0. The van der Waals surface area contributed by atoms with Gasteiger partial charge in [0.05, 0.1) is 18.2 Å². The van der Waals surface area contributed by atoms with Crippen molar-refractivity contribution in [2.24, 2.45) is 0 Å². The van der Waals surface area contributed by atoms with E-state index in [0.717, 1.165) is 17.0 Å². The number of carboxylic acid groups (broad SMARTS) is 1. The molecule has 0 heterocycles. The fourth-order valence-corrected chi connectivity index (χ4v) is 2.17.